The lowest BCUT2D eigenvalue weighted by molar-refractivity contribution is 0.588. The Labute approximate surface area is 434 Å². The summed E-state index contributed by atoms with van der Waals surface area (Å²) in [5, 5.41) is 2.45. The second-order valence-electron chi connectivity index (χ2n) is 23.4. The monoisotopic (exact) mass is 951 g/mol. The molecule has 1 aliphatic rings. The predicted molar refractivity (Wildman–Crippen MR) is 313 cm³/mol. The highest BCUT2D eigenvalue weighted by Gasteiger charge is 2.35. The first kappa shape index (κ1) is 47.7. The van der Waals surface area contributed by atoms with Crippen LogP contribution in [0.25, 0.3) is 27.6 Å². The van der Waals surface area contributed by atoms with Crippen LogP contribution in [0.2, 0.25) is 0 Å². The van der Waals surface area contributed by atoms with E-state index in [-0.39, 0.29) is 28.4 Å². The summed E-state index contributed by atoms with van der Waals surface area (Å²) >= 11 is 0. The van der Waals surface area contributed by atoms with E-state index >= 15 is 0 Å². The van der Waals surface area contributed by atoms with E-state index in [9.17, 15) is 0 Å². The van der Waals surface area contributed by atoms with Crippen LogP contribution in [0.1, 0.15) is 103 Å². The standard InChI is InChI=1S/C68H67BN4/c1-65(2,3)49-36-37-70-64(43-49)73-60-31-21-20-30-58(60)59-35-34-54(45-63(59)73)69(53-28-18-13-19-29-53)55-39-50(66(4,5)6)40-57(44-55)72-46-71(61-32-22-23-33-62(61)72)56-41-51(67(7,8)47-24-14-11-15-25-47)38-52(42-56)68(9,10)48-26-16-12-17-27-48/h11-45H,46H2,1-10H3. The molecule has 0 aliphatic carbocycles. The number of anilines is 4. The molecule has 5 heteroatoms. The largest absolute Gasteiger partial charge is 0.321 e. The van der Waals surface area contributed by atoms with E-state index in [0.717, 1.165) is 16.9 Å². The highest BCUT2D eigenvalue weighted by molar-refractivity contribution is 6.95. The molecule has 0 N–H and O–H groups in total. The molecule has 0 radical (unpaired) electrons. The summed E-state index contributed by atoms with van der Waals surface area (Å²) in [7, 11) is 0. The van der Waals surface area contributed by atoms with Crippen LogP contribution >= 0.6 is 0 Å². The molecule has 0 bridgehead atoms. The molecule has 0 saturated heterocycles. The Hall–Kier alpha value is -7.63. The number of aromatic nitrogens is 2. The van der Waals surface area contributed by atoms with Crippen molar-refractivity contribution in [3.63, 3.8) is 0 Å². The van der Waals surface area contributed by atoms with Crippen molar-refractivity contribution < 1.29 is 0 Å². The second-order valence-corrected chi connectivity index (χ2v) is 23.4. The van der Waals surface area contributed by atoms with Gasteiger partial charge in [0.2, 0.25) is 6.71 Å². The minimum absolute atomic E-state index is 0.0196. The molecule has 0 saturated carbocycles. The lowest BCUT2D eigenvalue weighted by atomic mass is 9.36. The first-order chi connectivity index (χ1) is 35.0. The van der Waals surface area contributed by atoms with Gasteiger partial charge in [0, 0.05) is 39.2 Å². The topological polar surface area (TPSA) is 24.3 Å². The van der Waals surface area contributed by atoms with E-state index in [1.807, 2.05) is 6.20 Å². The van der Waals surface area contributed by atoms with E-state index in [1.54, 1.807) is 0 Å². The molecule has 1 aliphatic heterocycles. The van der Waals surface area contributed by atoms with E-state index in [0.29, 0.717) is 6.67 Å². The number of hydrogen-bond donors (Lipinski definition) is 0. The average Bonchev–Trinajstić information content (AvgIpc) is 3.95. The summed E-state index contributed by atoms with van der Waals surface area (Å²) in [6.45, 7) is 23.9. The summed E-state index contributed by atoms with van der Waals surface area (Å²) in [5.74, 6) is 0.936. The Kier molecular flexibility index (Phi) is 11.9. The van der Waals surface area contributed by atoms with Gasteiger partial charge >= 0.3 is 0 Å². The summed E-state index contributed by atoms with van der Waals surface area (Å²) < 4.78 is 2.38. The third-order valence-corrected chi connectivity index (χ3v) is 15.9. The van der Waals surface area contributed by atoms with E-state index in [2.05, 4.69) is 290 Å². The van der Waals surface area contributed by atoms with Crippen molar-refractivity contribution in [1.29, 1.82) is 0 Å². The Morgan fingerprint density at radius 2 is 0.877 bits per heavy atom. The zero-order chi connectivity index (χ0) is 50.9. The highest BCUT2D eigenvalue weighted by Crippen LogP contribution is 2.47. The fourth-order valence-corrected chi connectivity index (χ4v) is 11.2. The van der Waals surface area contributed by atoms with Gasteiger partial charge in [0.15, 0.2) is 0 Å². The van der Waals surface area contributed by atoms with Crippen molar-refractivity contribution in [1.82, 2.24) is 9.55 Å². The first-order valence-electron chi connectivity index (χ1n) is 26.1. The SMILES string of the molecule is CC(C)(C)c1cc(B(c2ccccc2)c2ccc3c4ccccc4n(-c4cc(C(C)(C)C)ccn4)c3c2)cc(N2CN(c3cc(C(C)(C)c4ccccc4)cc(C(C)(C)c4ccccc4)c3)c3ccccc32)c1. The number of hydrogen-bond acceptors (Lipinski definition) is 3. The molecular weight excluding hydrogens is 884 g/mol. The summed E-state index contributed by atoms with van der Waals surface area (Å²) in [5.41, 5.74) is 17.9. The number of fused-ring (bicyclic) bond motifs is 4. The normalized spacial score (nSPS) is 13.2. The molecule has 0 fully saturated rings. The number of pyridine rings is 1. The summed E-state index contributed by atoms with van der Waals surface area (Å²) in [6.07, 6.45) is 1.97. The van der Waals surface area contributed by atoms with Crippen molar-refractivity contribution in [3.05, 3.63) is 246 Å². The molecule has 11 rings (SSSR count). The van der Waals surface area contributed by atoms with Crippen LogP contribution < -0.4 is 26.2 Å². The van der Waals surface area contributed by atoms with Crippen molar-refractivity contribution >= 4 is 67.7 Å². The quantitative estimate of drug-likeness (QED) is 0.128. The molecule has 2 aromatic heterocycles. The fourth-order valence-electron chi connectivity index (χ4n) is 11.2. The van der Waals surface area contributed by atoms with Crippen LogP contribution in [0, 0.1) is 0 Å². The maximum absolute atomic E-state index is 5.04. The molecule has 0 atom stereocenters. The van der Waals surface area contributed by atoms with Gasteiger partial charge in [-0.2, -0.15) is 0 Å². The van der Waals surface area contributed by atoms with E-state index < -0.39 is 0 Å². The molecule has 4 nitrogen and oxygen atoms in total. The van der Waals surface area contributed by atoms with Crippen LogP contribution in [-0.4, -0.2) is 22.9 Å². The van der Waals surface area contributed by atoms with Crippen LogP contribution in [0.3, 0.4) is 0 Å². The Morgan fingerprint density at radius 3 is 1.47 bits per heavy atom. The highest BCUT2D eigenvalue weighted by atomic mass is 15.4. The zero-order valence-corrected chi connectivity index (χ0v) is 44.3. The lowest BCUT2D eigenvalue weighted by Crippen LogP contribution is -2.52. The van der Waals surface area contributed by atoms with Gasteiger partial charge in [-0.05, 0) is 105 Å². The van der Waals surface area contributed by atoms with E-state index in [1.165, 1.54) is 83.3 Å². The van der Waals surface area contributed by atoms with Crippen molar-refractivity contribution in [2.24, 2.45) is 0 Å². The lowest BCUT2D eigenvalue weighted by Gasteiger charge is -2.33. The number of benzene rings is 8. The van der Waals surface area contributed by atoms with Crippen LogP contribution in [0.15, 0.2) is 212 Å². The van der Waals surface area contributed by atoms with Crippen molar-refractivity contribution in [2.45, 2.75) is 90.9 Å². The average molecular weight is 951 g/mol. The smallest absolute Gasteiger partial charge is 0.241 e. The molecule has 0 amide bonds. The van der Waals surface area contributed by atoms with Crippen LogP contribution in [0.5, 0.6) is 0 Å². The fraction of sp³-hybridized carbons (Fsp3) is 0.221. The molecule has 3 heterocycles. The van der Waals surface area contributed by atoms with Gasteiger partial charge in [0.25, 0.3) is 0 Å². The maximum atomic E-state index is 5.04. The number of rotatable bonds is 10. The molecule has 73 heavy (non-hydrogen) atoms. The van der Waals surface area contributed by atoms with Gasteiger partial charge in [-0.3, -0.25) is 4.57 Å². The molecule has 10 aromatic rings. The third kappa shape index (κ3) is 8.73. The minimum Gasteiger partial charge on any atom is -0.321 e. The van der Waals surface area contributed by atoms with E-state index in [4.69, 9.17) is 4.98 Å². The van der Waals surface area contributed by atoms with Crippen LogP contribution in [-0.2, 0) is 21.7 Å². The van der Waals surface area contributed by atoms with Gasteiger partial charge in [0.1, 0.15) is 12.5 Å². The Bertz CT molecular complexity index is 3560. The van der Waals surface area contributed by atoms with Gasteiger partial charge in [0.05, 0.1) is 22.4 Å². The zero-order valence-electron chi connectivity index (χ0n) is 44.3. The molecule has 0 unspecified atom stereocenters. The van der Waals surface area contributed by atoms with Crippen LogP contribution in [0.4, 0.5) is 22.7 Å². The van der Waals surface area contributed by atoms with Gasteiger partial charge in [-0.15, -0.1) is 0 Å². The van der Waals surface area contributed by atoms with Gasteiger partial charge < -0.3 is 9.80 Å². The molecule has 0 spiro atoms. The molecular formula is C68H67BN4. The van der Waals surface area contributed by atoms with Gasteiger partial charge in [-0.1, -0.05) is 231 Å². The summed E-state index contributed by atoms with van der Waals surface area (Å²) in [6, 6.07) is 77.1. The first-order valence-corrected chi connectivity index (χ1v) is 26.1. The number of nitrogens with zero attached hydrogens (tertiary/aromatic N) is 4. The minimum atomic E-state index is -0.246. The van der Waals surface area contributed by atoms with Crippen molar-refractivity contribution in [2.75, 3.05) is 16.5 Å². The maximum Gasteiger partial charge on any atom is 0.241 e. The third-order valence-electron chi connectivity index (χ3n) is 15.9. The number of para-hydroxylation sites is 3. The molecule has 8 aromatic carbocycles. The predicted octanol–water partition coefficient (Wildman–Crippen LogP) is 15.2. The van der Waals surface area contributed by atoms with Crippen molar-refractivity contribution in [3.8, 4) is 5.82 Å². The second kappa shape index (κ2) is 18.1. The van der Waals surface area contributed by atoms with Gasteiger partial charge in [-0.25, -0.2) is 4.98 Å². The Morgan fingerprint density at radius 1 is 0.370 bits per heavy atom. The summed E-state index contributed by atoms with van der Waals surface area (Å²) in [4.78, 5) is 10.1. The molecule has 362 valence electrons. The Balaban J connectivity index is 1.07.